The first kappa shape index (κ1) is 18.0. The van der Waals surface area contributed by atoms with Gasteiger partial charge in [-0.1, -0.05) is 11.8 Å². The molecule has 0 aromatic carbocycles. The third kappa shape index (κ3) is 3.69. The van der Waals surface area contributed by atoms with Gasteiger partial charge < -0.3 is 5.32 Å². The van der Waals surface area contributed by atoms with E-state index in [-0.39, 0.29) is 29.5 Å². The Morgan fingerprint density at radius 3 is 3.00 bits per heavy atom. The normalized spacial score (nSPS) is 17.6. The minimum absolute atomic E-state index is 0.116. The van der Waals surface area contributed by atoms with Gasteiger partial charge in [0.15, 0.2) is 5.16 Å². The Balaban J connectivity index is 1.34. The van der Waals surface area contributed by atoms with Crippen LogP contribution in [0.5, 0.6) is 0 Å². The van der Waals surface area contributed by atoms with Crippen molar-refractivity contribution in [2.75, 3.05) is 12.3 Å². The SMILES string of the molecule is Cc1cc(=O)n2c(n1)SCC2CC(=O)NCCn1nc2c(cc1=O)CCC2. The van der Waals surface area contributed by atoms with Crippen LogP contribution in [-0.2, 0) is 24.2 Å². The number of nitrogens with one attached hydrogen (secondary N) is 1. The largest absolute Gasteiger partial charge is 0.354 e. The van der Waals surface area contributed by atoms with Gasteiger partial charge in [-0.05, 0) is 31.7 Å². The minimum atomic E-state index is -0.188. The molecule has 1 aliphatic heterocycles. The Bertz CT molecular complexity index is 1010. The average Bonchev–Trinajstić information content (AvgIpc) is 3.21. The van der Waals surface area contributed by atoms with Crippen LogP contribution >= 0.6 is 11.8 Å². The monoisotopic (exact) mass is 387 g/mol. The Morgan fingerprint density at radius 2 is 2.15 bits per heavy atom. The van der Waals surface area contributed by atoms with Gasteiger partial charge in [0.1, 0.15) is 0 Å². The van der Waals surface area contributed by atoms with E-state index in [4.69, 9.17) is 0 Å². The molecule has 1 N–H and O–H groups in total. The van der Waals surface area contributed by atoms with Crippen LogP contribution in [0, 0.1) is 6.92 Å². The molecular formula is C18H21N5O3S. The summed E-state index contributed by atoms with van der Waals surface area (Å²) in [6.45, 7) is 2.46. The first-order valence-electron chi connectivity index (χ1n) is 9.11. The Hall–Kier alpha value is -2.42. The number of carbonyl (C=O) groups is 1. The number of carbonyl (C=O) groups excluding carboxylic acids is 1. The lowest BCUT2D eigenvalue weighted by atomic mass is 10.2. The molecule has 2 aliphatic rings. The molecule has 1 amide bonds. The van der Waals surface area contributed by atoms with Crippen molar-refractivity contribution < 1.29 is 4.79 Å². The number of aryl methyl sites for hydroxylation is 3. The molecule has 1 unspecified atom stereocenters. The van der Waals surface area contributed by atoms with Crippen LogP contribution in [0.2, 0.25) is 0 Å². The summed E-state index contributed by atoms with van der Waals surface area (Å²) in [5.41, 5.74) is 2.49. The molecule has 142 valence electrons. The zero-order valence-electron chi connectivity index (χ0n) is 15.1. The highest BCUT2D eigenvalue weighted by Crippen LogP contribution is 2.31. The minimum Gasteiger partial charge on any atom is -0.354 e. The zero-order valence-corrected chi connectivity index (χ0v) is 15.9. The molecule has 0 radical (unpaired) electrons. The second-order valence-corrected chi connectivity index (χ2v) is 7.93. The fraction of sp³-hybridized carbons (Fsp3) is 0.500. The van der Waals surface area contributed by atoms with Gasteiger partial charge in [-0.25, -0.2) is 9.67 Å². The van der Waals surface area contributed by atoms with Crippen molar-refractivity contribution in [1.29, 1.82) is 0 Å². The molecule has 0 fully saturated rings. The highest BCUT2D eigenvalue weighted by molar-refractivity contribution is 7.99. The Kier molecular flexibility index (Phi) is 4.86. The molecule has 0 saturated heterocycles. The van der Waals surface area contributed by atoms with E-state index >= 15 is 0 Å². The second kappa shape index (κ2) is 7.30. The van der Waals surface area contributed by atoms with Gasteiger partial charge in [0.05, 0.1) is 18.3 Å². The maximum atomic E-state index is 12.3. The summed E-state index contributed by atoms with van der Waals surface area (Å²) in [7, 11) is 0. The number of amides is 1. The molecule has 0 bridgehead atoms. The number of rotatable bonds is 5. The summed E-state index contributed by atoms with van der Waals surface area (Å²) in [6.07, 6.45) is 3.08. The van der Waals surface area contributed by atoms with Crippen LogP contribution in [0.3, 0.4) is 0 Å². The smallest absolute Gasteiger partial charge is 0.267 e. The number of nitrogens with zero attached hydrogens (tertiary/aromatic N) is 4. The van der Waals surface area contributed by atoms with E-state index in [0.717, 1.165) is 30.5 Å². The quantitative estimate of drug-likeness (QED) is 0.748. The zero-order chi connectivity index (χ0) is 19.0. The fourth-order valence-electron chi connectivity index (χ4n) is 3.60. The van der Waals surface area contributed by atoms with Gasteiger partial charge in [-0.2, -0.15) is 5.10 Å². The Labute approximate surface area is 160 Å². The van der Waals surface area contributed by atoms with Crippen LogP contribution in [0.25, 0.3) is 0 Å². The summed E-state index contributed by atoms with van der Waals surface area (Å²) in [6, 6.07) is 2.96. The highest BCUT2D eigenvalue weighted by atomic mass is 32.2. The van der Waals surface area contributed by atoms with E-state index in [1.54, 1.807) is 17.6 Å². The summed E-state index contributed by atoms with van der Waals surface area (Å²) in [4.78, 5) is 40.9. The van der Waals surface area contributed by atoms with E-state index < -0.39 is 0 Å². The molecule has 1 aliphatic carbocycles. The first-order chi connectivity index (χ1) is 13.0. The van der Waals surface area contributed by atoms with Crippen LogP contribution in [0.15, 0.2) is 26.9 Å². The third-order valence-corrected chi connectivity index (χ3v) is 6.01. The van der Waals surface area contributed by atoms with Gasteiger partial charge in [-0.15, -0.1) is 0 Å². The fourth-order valence-corrected chi connectivity index (χ4v) is 4.79. The van der Waals surface area contributed by atoms with Crippen LogP contribution in [0.4, 0.5) is 0 Å². The van der Waals surface area contributed by atoms with Crippen molar-refractivity contribution in [2.24, 2.45) is 0 Å². The van der Waals surface area contributed by atoms with Gasteiger partial charge >= 0.3 is 0 Å². The second-order valence-electron chi connectivity index (χ2n) is 6.94. The predicted molar refractivity (Wildman–Crippen MR) is 101 cm³/mol. The topological polar surface area (TPSA) is 98.9 Å². The first-order valence-corrected chi connectivity index (χ1v) is 10.1. The van der Waals surface area contributed by atoms with Crippen LogP contribution in [-0.4, -0.2) is 37.5 Å². The van der Waals surface area contributed by atoms with E-state index in [2.05, 4.69) is 15.4 Å². The van der Waals surface area contributed by atoms with Gasteiger partial charge in [0.25, 0.3) is 11.1 Å². The van der Waals surface area contributed by atoms with Gasteiger partial charge in [0, 0.05) is 36.5 Å². The van der Waals surface area contributed by atoms with Crippen LogP contribution < -0.4 is 16.4 Å². The molecule has 2 aromatic heterocycles. The van der Waals surface area contributed by atoms with Crippen molar-refractivity contribution >= 4 is 17.7 Å². The van der Waals surface area contributed by atoms with E-state index in [1.807, 2.05) is 0 Å². The van der Waals surface area contributed by atoms with Crippen molar-refractivity contribution in [3.05, 3.63) is 49.8 Å². The molecule has 1 atom stereocenters. The summed E-state index contributed by atoms with van der Waals surface area (Å²) >= 11 is 1.50. The van der Waals surface area contributed by atoms with Crippen molar-refractivity contribution in [1.82, 2.24) is 24.6 Å². The van der Waals surface area contributed by atoms with Gasteiger partial charge in [0.2, 0.25) is 5.91 Å². The number of hydrogen-bond acceptors (Lipinski definition) is 6. The lowest BCUT2D eigenvalue weighted by Crippen LogP contribution is -2.34. The van der Waals surface area contributed by atoms with Crippen LogP contribution in [0.1, 0.15) is 35.8 Å². The average molecular weight is 387 g/mol. The molecular weight excluding hydrogens is 366 g/mol. The van der Waals surface area contributed by atoms with E-state index in [9.17, 15) is 14.4 Å². The van der Waals surface area contributed by atoms with E-state index in [0.29, 0.717) is 29.7 Å². The number of aromatic nitrogens is 4. The lowest BCUT2D eigenvalue weighted by Gasteiger charge is -2.13. The maximum Gasteiger partial charge on any atom is 0.267 e. The molecule has 2 aromatic rings. The highest BCUT2D eigenvalue weighted by Gasteiger charge is 2.27. The standard InChI is InChI=1S/C18H21N5O3S/c1-11-7-17(26)23-13(10-27-18(23)20-11)9-15(24)19-5-6-22-16(25)8-12-3-2-4-14(12)21-22/h7-8,13H,2-6,9-10H2,1H3,(H,19,24). The van der Waals surface area contributed by atoms with Crippen molar-refractivity contribution in [3.8, 4) is 0 Å². The predicted octanol–water partition coefficient (Wildman–Crippen LogP) is 0.450. The molecule has 0 saturated carbocycles. The summed E-state index contributed by atoms with van der Waals surface area (Å²) in [5.74, 6) is 0.514. The maximum absolute atomic E-state index is 12.3. The van der Waals surface area contributed by atoms with Crippen molar-refractivity contribution in [2.45, 2.75) is 50.4 Å². The molecule has 4 rings (SSSR count). The summed E-state index contributed by atoms with van der Waals surface area (Å²) < 4.78 is 3.02. The van der Waals surface area contributed by atoms with Gasteiger partial charge in [-0.3, -0.25) is 19.0 Å². The molecule has 3 heterocycles. The van der Waals surface area contributed by atoms with E-state index in [1.165, 1.54) is 22.5 Å². The van der Waals surface area contributed by atoms with Crippen molar-refractivity contribution in [3.63, 3.8) is 0 Å². The number of hydrogen-bond donors (Lipinski definition) is 1. The molecule has 27 heavy (non-hydrogen) atoms. The molecule has 8 nitrogen and oxygen atoms in total. The number of fused-ring (bicyclic) bond motifs is 2. The summed E-state index contributed by atoms with van der Waals surface area (Å²) in [5, 5.41) is 7.90. The molecule has 9 heteroatoms. The molecule has 0 spiro atoms. The Morgan fingerprint density at radius 1 is 1.30 bits per heavy atom. The lowest BCUT2D eigenvalue weighted by molar-refractivity contribution is -0.121. The number of thioether (sulfide) groups is 1. The third-order valence-electron chi connectivity index (χ3n) is 4.91.